The van der Waals surface area contributed by atoms with Crippen molar-refractivity contribution in [3.05, 3.63) is 34.1 Å². The van der Waals surface area contributed by atoms with Gasteiger partial charge in [0.05, 0.1) is 17.3 Å². The van der Waals surface area contributed by atoms with Crippen molar-refractivity contribution in [2.45, 2.75) is 24.5 Å². The number of nitrogens with one attached hydrogen (secondary N) is 1. The van der Waals surface area contributed by atoms with Crippen LogP contribution in [-0.2, 0) is 25.6 Å². The molecule has 13 nitrogen and oxygen atoms in total. The second-order valence-electron chi connectivity index (χ2n) is 10.2. The number of carbonyl (C=O) groups excluding carboxylic acids is 4. The van der Waals surface area contributed by atoms with Gasteiger partial charge in [0, 0.05) is 31.3 Å². The molecule has 1 aromatic carbocycles. The molecule has 2 unspecified atom stereocenters. The fraction of sp³-hybridized carbons (Fsp3) is 0.440. The molecule has 3 aliphatic carbocycles. The van der Waals surface area contributed by atoms with E-state index in [4.69, 9.17) is 10.8 Å². The van der Waals surface area contributed by atoms with Crippen LogP contribution in [0.5, 0.6) is 5.75 Å². The van der Waals surface area contributed by atoms with Gasteiger partial charge in [0.2, 0.25) is 11.7 Å². The van der Waals surface area contributed by atoms with Gasteiger partial charge in [0.1, 0.15) is 29.4 Å². The number of carbonyl (C=O) groups is 4. The maximum Gasteiger partial charge on any atom is 0.255 e. The number of Topliss-reactive ketones (excluding diaryl/α,β-unsaturated/α-hetero) is 2. The summed E-state index contributed by atoms with van der Waals surface area (Å²) >= 11 is 0. The summed E-state index contributed by atoms with van der Waals surface area (Å²) in [4.78, 5) is 54.0. The van der Waals surface area contributed by atoms with Gasteiger partial charge in [-0.2, -0.15) is 0 Å². The summed E-state index contributed by atoms with van der Waals surface area (Å²) in [6.07, 6.45) is 0.0617. The van der Waals surface area contributed by atoms with Crippen molar-refractivity contribution in [2.24, 2.45) is 17.6 Å². The van der Waals surface area contributed by atoms with Crippen LogP contribution in [0.15, 0.2) is 23.0 Å². The molecule has 204 valence electrons. The van der Waals surface area contributed by atoms with Crippen LogP contribution in [0.3, 0.4) is 0 Å². The van der Waals surface area contributed by atoms with E-state index in [9.17, 15) is 39.6 Å². The minimum atomic E-state index is -2.74. The van der Waals surface area contributed by atoms with E-state index in [0.717, 1.165) is 0 Å². The molecule has 1 fully saturated rings. The zero-order chi connectivity index (χ0) is 28.4. The van der Waals surface area contributed by atoms with Crippen molar-refractivity contribution in [1.82, 2.24) is 4.90 Å². The van der Waals surface area contributed by atoms with Gasteiger partial charge in [-0.15, -0.1) is 0 Å². The molecule has 4 atom stereocenters. The topological polar surface area (TPSA) is 214 Å². The zero-order valence-electron chi connectivity index (χ0n) is 21.3. The maximum absolute atomic E-state index is 13.9. The second kappa shape index (κ2) is 9.11. The number of anilines is 2. The second-order valence-corrected chi connectivity index (χ2v) is 10.2. The number of likely N-dealkylation sites (N-methyl/N-ethyl adjacent to an activating group) is 1. The number of primary amides is 1. The van der Waals surface area contributed by atoms with Crippen LogP contribution in [0.4, 0.5) is 11.4 Å². The van der Waals surface area contributed by atoms with Crippen LogP contribution in [0.1, 0.15) is 17.5 Å². The molecule has 0 spiro atoms. The van der Waals surface area contributed by atoms with Crippen LogP contribution in [0.2, 0.25) is 0 Å². The van der Waals surface area contributed by atoms with E-state index in [2.05, 4.69) is 5.32 Å². The van der Waals surface area contributed by atoms with Gasteiger partial charge in [-0.3, -0.25) is 24.1 Å². The highest BCUT2D eigenvalue weighted by Gasteiger charge is 2.64. The predicted molar refractivity (Wildman–Crippen MR) is 134 cm³/mol. The number of aliphatic hydroxyl groups is 4. The number of aromatic hydroxyl groups is 1. The molecular weight excluding hydrogens is 500 g/mol. The largest absolute Gasteiger partial charge is 0.508 e. The third kappa shape index (κ3) is 3.65. The van der Waals surface area contributed by atoms with E-state index >= 15 is 0 Å². The third-order valence-electron chi connectivity index (χ3n) is 7.60. The molecule has 2 amide bonds. The van der Waals surface area contributed by atoms with Gasteiger partial charge in [-0.1, -0.05) is 0 Å². The smallest absolute Gasteiger partial charge is 0.255 e. The number of fused-ring (bicyclic) bond motifs is 3. The molecule has 0 bridgehead atoms. The number of amides is 2. The van der Waals surface area contributed by atoms with Crippen molar-refractivity contribution in [3.63, 3.8) is 0 Å². The quantitative estimate of drug-likeness (QED) is 0.180. The lowest BCUT2D eigenvalue weighted by molar-refractivity contribution is -0.153. The molecule has 3 aliphatic rings. The van der Waals surface area contributed by atoms with Gasteiger partial charge in [0.25, 0.3) is 5.91 Å². The summed E-state index contributed by atoms with van der Waals surface area (Å²) in [7, 11) is 6.44. The number of hydrogen-bond donors (Lipinski definition) is 7. The first-order valence-corrected chi connectivity index (χ1v) is 11.8. The van der Waals surface area contributed by atoms with Gasteiger partial charge >= 0.3 is 0 Å². The lowest BCUT2D eigenvalue weighted by atomic mass is 9.57. The van der Waals surface area contributed by atoms with Gasteiger partial charge in [0.15, 0.2) is 11.4 Å². The fourth-order valence-electron chi connectivity index (χ4n) is 5.98. The SMILES string of the molecule is CN(C)c1cc(NC(=O)CO)c(O)c2c1CC1CC3[C@H](N(C)C)C(=O)C(C(N)=O)=C(O)[C@@]3(O)C(=O)C1=C2O. The fourth-order valence-corrected chi connectivity index (χ4v) is 5.98. The molecule has 38 heavy (non-hydrogen) atoms. The molecule has 8 N–H and O–H groups in total. The van der Waals surface area contributed by atoms with Crippen LogP contribution in [0, 0.1) is 11.8 Å². The van der Waals surface area contributed by atoms with Crippen LogP contribution in [0.25, 0.3) is 5.76 Å². The van der Waals surface area contributed by atoms with Crippen LogP contribution >= 0.6 is 0 Å². The molecule has 13 heteroatoms. The summed E-state index contributed by atoms with van der Waals surface area (Å²) in [6.45, 7) is -0.866. The monoisotopic (exact) mass is 530 g/mol. The Labute approximate surface area is 217 Å². The normalized spacial score (nSPS) is 26.7. The van der Waals surface area contributed by atoms with Crippen molar-refractivity contribution in [1.29, 1.82) is 0 Å². The first-order valence-electron chi connectivity index (χ1n) is 11.8. The van der Waals surface area contributed by atoms with Crippen molar-refractivity contribution in [2.75, 3.05) is 45.0 Å². The Hall–Kier alpha value is -3.94. The lowest BCUT2D eigenvalue weighted by Gasteiger charge is -2.50. The number of benzene rings is 1. The van der Waals surface area contributed by atoms with Crippen LogP contribution < -0.4 is 16.0 Å². The number of nitrogens with two attached hydrogens (primary N) is 1. The third-order valence-corrected chi connectivity index (χ3v) is 7.60. The molecule has 1 aromatic rings. The van der Waals surface area contributed by atoms with E-state index < -0.39 is 76.3 Å². The number of aliphatic hydroxyl groups excluding tert-OH is 3. The van der Waals surface area contributed by atoms with Crippen molar-refractivity contribution >= 4 is 40.5 Å². The molecular formula is C25H30N4O9. The zero-order valence-corrected chi connectivity index (χ0v) is 21.3. The summed E-state index contributed by atoms with van der Waals surface area (Å²) in [5, 5.41) is 56.4. The molecule has 0 aromatic heterocycles. The highest BCUT2D eigenvalue weighted by molar-refractivity contribution is 6.24. The Balaban J connectivity index is 1.99. The minimum Gasteiger partial charge on any atom is -0.508 e. The lowest BCUT2D eigenvalue weighted by Crippen LogP contribution is -2.65. The summed E-state index contributed by atoms with van der Waals surface area (Å²) in [5.41, 5.74) is 2.02. The highest BCUT2D eigenvalue weighted by atomic mass is 16.3. The molecule has 0 saturated heterocycles. The number of hydrogen-bond acceptors (Lipinski definition) is 11. The van der Waals surface area contributed by atoms with E-state index in [-0.39, 0.29) is 29.7 Å². The molecule has 0 heterocycles. The van der Waals surface area contributed by atoms with Gasteiger partial charge in [-0.05, 0) is 44.5 Å². The Bertz CT molecular complexity index is 1350. The standard InChI is InChI=1S/C25H30N4O9/c1-28(2)13-7-12(27-14(31)8-30)19(32)16-10(13)5-9-6-11-18(29(3)4)21(34)17(24(26)37)23(36)25(11,38)22(35)15(9)20(16)33/h7,9,11,18,30,32-33,36,38H,5-6,8H2,1-4H3,(H2,26,37)(H,27,31)/t9?,11?,18-,25-/m0/s1. The number of rotatable bonds is 5. The van der Waals surface area contributed by atoms with Crippen molar-refractivity contribution in [3.8, 4) is 5.75 Å². The van der Waals surface area contributed by atoms with Crippen molar-refractivity contribution < 1.29 is 44.7 Å². The van der Waals surface area contributed by atoms with Crippen LogP contribution in [-0.4, -0.2) is 100 Å². The maximum atomic E-state index is 13.9. The predicted octanol–water partition coefficient (Wildman–Crippen LogP) is -1.04. The first-order chi connectivity index (χ1) is 17.7. The Kier molecular flexibility index (Phi) is 6.50. The number of nitrogens with zero attached hydrogens (tertiary/aromatic N) is 2. The Morgan fingerprint density at radius 2 is 1.79 bits per heavy atom. The Morgan fingerprint density at radius 1 is 1.16 bits per heavy atom. The highest BCUT2D eigenvalue weighted by Crippen LogP contribution is 2.54. The summed E-state index contributed by atoms with van der Waals surface area (Å²) in [5.74, 6) is -8.43. The van der Waals surface area contributed by atoms with E-state index in [1.807, 2.05) is 0 Å². The average Bonchev–Trinajstić information content (AvgIpc) is 2.82. The number of ketones is 2. The minimum absolute atomic E-state index is 0.0393. The molecule has 0 radical (unpaired) electrons. The first kappa shape index (κ1) is 27.1. The molecule has 4 rings (SSSR count). The number of phenolic OH excluding ortho intramolecular Hbond substituents is 1. The molecule has 0 aliphatic heterocycles. The van der Waals surface area contributed by atoms with Gasteiger partial charge in [-0.25, -0.2) is 0 Å². The number of phenols is 1. The van der Waals surface area contributed by atoms with Gasteiger partial charge < -0.3 is 41.5 Å². The Morgan fingerprint density at radius 3 is 2.32 bits per heavy atom. The summed E-state index contributed by atoms with van der Waals surface area (Å²) < 4.78 is 0. The summed E-state index contributed by atoms with van der Waals surface area (Å²) in [6, 6.07) is 0.284. The van der Waals surface area contributed by atoms with E-state index in [0.29, 0.717) is 11.3 Å². The van der Waals surface area contributed by atoms with E-state index in [1.54, 1.807) is 19.0 Å². The molecule has 1 saturated carbocycles. The average molecular weight is 531 g/mol. The van der Waals surface area contributed by atoms with E-state index in [1.165, 1.54) is 25.1 Å².